The first kappa shape index (κ1) is 11.3. The zero-order valence-electron chi connectivity index (χ0n) is 8.11. The van der Waals surface area contributed by atoms with Gasteiger partial charge in [-0.2, -0.15) is 0 Å². The lowest BCUT2D eigenvalue weighted by Crippen LogP contribution is -2.38. The third-order valence-electron chi connectivity index (χ3n) is 2.57. The largest absolute Gasteiger partial charge is 0.314 e. The van der Waals surface area contributed by atoms with Crippen molar-refractivity contribution >= 4 is 32.4 Å². The molecule has 1 aliphatic rings. The standard InChI is InChI=1S/C10H12INO2S/c11-9-3-1-8(2-4-9)10-7-12-5-6-15(10,13)14/h1-4,10,12H,5-7H2. The molecule has 0 amide bonds. The predicted octanol–water partition coefficient (Wildman–Crippen LogP) is 1.35. The van der Waals surface area contributed by atoms with Gasteiger partial charge < -0.3 is 5.32 Å². The molecule has 1 heterocycles. The lowest BCUT2D eigenvalue weighted by atomic mass is 10.1. The molecular weight excluding hydrogens is 325 g/mol. The fourth-order valence-electron chi connectivity index (χ4n) is 1.72. The van der Waals surface area contributed by atoms with Gasteiger partial charge >= 0.3 is 0 Å². The van der Waals surface area contributed by atoms with Crippen LogP contribution in [0.2, 0.25) is 0 Å². The molecule has 1 fully saturated rings. The van der Waals surface area contributed by atoms with E-state index in [1.54, 1.807) is 0 Å². The molecule has 0 aliphatic carbocycles. The number of nitrogens with one attached hydrogen (secondary N) is 1. The molecule has 1 N–H and O–H groups in total. The fraction of sp³-hybridized carbons (Fsp3) is 0.400. The van der Waals surface area contributed by atoms with E-state index in [2.05, 4.69) is 27.9 Å². The minimum atomic E-state index is -2.95. The van der Waals surface area contributed by atoms with E-state index in [-0.39, 0.29) is 11.0 Å². The molecule has 5 heteroatoms. The van der Waals surface area contributed by atoms with Crippen LogP contribution in [0.25, 0.3) is 0 Å². The van der Waals surface area contributed by atoms with Gasteiger partial charge in [0.2, 0.25) is 0 Å². The van der Waals surface area contributed by atoms with Gasteiger partial charge in [0.15, 0.2) is 9.84 Å². The van der Waals surface area contributed by atoms with E-state index in [0.29, 0.717) is 13.1 Å². The molecule has 15 heavy (non-hydrogen) atoms. The molecule has 1 atom stereocenters. The van der Waals surface area contributed by atoms with Crippen molar-refractivity contribution in [1.82, 2.24) is 5.32 Å². The van der Waals surface area contributed by atoms with Gasteiger partial charge in [-0.05, 0) is 40.3 Å². The number of hydrogen-bond donors (Lipinski definition) is 1. The summed E-state index contributed by atoms with van der Waals surface area (Å²) < 4.78 is 24.8. The highest BCUT2D eigenvalue weighted by Gasteiger charge is 2.29. The number of benzene rings is 1. The Labute approximate surface area is 103 Å². The van der Waals surface area contributed by atoms with E-state index in [9.17, 15) is 8.42 Å². The molecule has 1 unspecified atom stereocenters. The Morgan fingerprint density at radius 1 is 1.27 bits per heavy atom. The van der Waals surface area contributed by atoms with Crippen LogP contribution in [0.3, 0.4) is 0 Å². The smallest absolute Gasteiger partial charge is 0.159 e. The maximum atomic E-state index is 11.8. The number of halogens is 1. The Morgan fingerprint density at radius 3 is 2.53 bits per heavy atom. The van der Waals surface area contributed by atoms with E-state index in [0.717, 1.165) is 9.13 Å². The molecular formula is C10H12INO2S. The van der Waals surface area contributed by atoms with Crippen molar-refractivity contribution in [3.63, 3.8) is 0 Å². The summed E-state index contributed by atoms with van der Waals surface area (Å²) in [6.45, 7) is 1.10. The highest BCUT2D eigenvalue weighted by Crippen LogP contribution is 2.25. The van der Waals surface area contributed by atoms with E-state index in [4.69, 9.17) is 0 Å². The van der Waals surface area contributed by atoms with Crippen molar-refractivity contribution in [2.24, 2.45) is 0 Å². The summed E-state index contributed by atoms with van der Waals surface area (Å²) in [5.74, 6) is 0.240. The van der Waals surface area contributed by atoms with Crippen molar-refractivity contribution in [3.05, 3.63) is 33.4 Å². The maximum Gasteiger partial charge on any atom is 0.159 e. The minimum absolute atomic E-state index is 0.240. The Bertz CT molecular complexity index is 441. The first-order valence-electron chi connectivity index (χ1n) is 4.77. The number of sulfone groups is 1. The molecule has 0 radical (unpaired) electrons. The van der Waals surface area contributed by atoms with E-state index in [1.165, 1.54) is 0 Å². The molecule has 0 aromatic heterocycles. The van der Waals surface area contributed by atoms with Gasteiger partial charge in [-0.25, -0.2) is 8.42 Å². The molecule has 0 bridgehead atoms. The Balaban J connectivity index is 2.33. The average Bonchev–Trinajstić information content (AvgIpc) is 2.19. The SMILES string of the molecule is O=S1(=O)CCNCC1c1ccc(I)cc1. The lowest BCUT2D eigenvalue weighted by molar-refractivity contribution is 0.551. The summed E-state index contributed by atoms with van der Waals surface area (Å²) in [6.07, 6.45) is 0. The summed E-state index contributed by atoms with van der Waals surface area (Å²) in [5, 5.41) is 2.75. The first-order valence-corrected chi connectivity index (χ1v) is 7.57. The summed E-state index contributed by atoms with van der Waals surface area (Å²) in [4.78, 5) is 0. The van der Waals surface area contributed by atoms with Crippen molar-refractivity contribution in [1.29, 1.82) is 0 Å². The van der Waals surface area contributed by atoms with Gasteiger partial charge in [-0.1, -0.05) is 12.1 Å². The van der Waals surface area contributed by atoms with Gasteiger partial charge in [0.25, 0.3) is 0 Å². The van der Waals surface area contributed by atoms with Crippen LogP contribution in [0.4, 0.5) is 0 Å². The third-order valence-corrected chi connectivity index (χ3v) is 5.37. The number of rotatable bonds is 1. The Kier molecular flexibility index (Phi) is 3.32. The topological polar surface area (TPSA) is 46.2 Å². The summed E-state index contributed by atoms with van der Waals surface area (Å²) >= 11 is 2.21. The normalized spacial score (nSPS) is 25.0. The van der Waals surface area contributed by atoms with Crippen molar-refractivity contribution in [2.75, 3.05) is 18.8 Å². The van der Waals surface area contributed by atoms with Gasteiger partial charge in [-0.15, -0.1) is 0 Å². The lowest BCUT2D eigenvalue weighted by Gasteiger charge is -2.23. The minimum Gasteiger partial charge on any atom is -0.314 e. The quantitative estimate of drug-likeness (QED) is 0.787. The average molecular weight is 337 g/mol. The molecule has 1 aromatic rings. The monoisotopic (exact) mass is 337 g/mol. The molecule has 2 rings (SSSR count). The molecule has 0 saturated carbocycles. The second-order valence-corrected chi connectivity index (χ2v) is 7.16. The van der Waals surface area contributed by atoms with Crippen LogP contribution in [-0.2, 0) is 9.84 Å². The predicted molar refractivity (Wildman–Crippen MR) is 68.6 cm³/mol. The van der Waals surface area contributed by atoms with E-state index in [1.807, 2.05) is 24.3 Å². The van der Waals surface area contributed by atoms with Crippen LogP contribution >= 0.6 is 22.6 Å². The van der Waals surface area contributed by atoms with Gasteiger partial charge in [0.1, 0.15) is 0 Å². The molecule has 1 aliphatic heterocycles. The van der Waals surface area contributed by atoms with Gasteiger partial charge in [0, 0.05) is 16.7 Å². The van der Waals surface area contributed by atoms with Crippen molar-refractivity contribution in [3.8, 4) is 0 Å². The molecule has 1 aromatic carbocycles. The Morgan fingerprint density at radius 2 is 1.93 bits per heavy atom. The molecule has 1 saturated heterocycles. The van der Waals surface area contributed by atoms with Crippen LogP contribution < -0.4 is 5.32 Å². The van der Waals surface area contributed by atoms with Crippen molar-refractivity contribution in [2.45, 2.75) is 5.25 Å². The van der Waals surface area contributed by atoms with Crippen molar-refractivity contribution < 1.29 is 8.42 Å². The second kappa shape index (κ2) is 4.39. The maximum absolute atomic E-state index is 11.8. The molecule has 82 valence electrons. The van der Waals surface area contributed by atoms with Crippen LogP contribution in [0.1, 0.15) is 10.8 Å². The molecule has 0 spiro atoms. The van der Waals surface area contributed by atoms with E-state index < -0.39 is 9.84 Å². The summed E-state index contributed by atoms with van der Waals surface area (Å²) in [5.41, 5.74) is 0.891. The van der Waals surface area contributed by atoms with Crippen LogP contribution in [0, 0.1) is 3.57 Å². The number of hydrogen-bond acceptors (Lipinski definition) is 3. The first-order chi connectivity index (χ1) is 7.09. The van der Waals surface area contributed by atoms with Crippen LogP contribution in [-0.4, -0.2) is 27.3 Å². The Hall–Kier alpha value is -0.140. The summed E-state index contributed by atoms with van der Waals surface area (Å²) in [7, 11) is -2.95. The van der Waals surface area contributed by atoms with Gasteiger partial charge in [-0.3, -0.25) is 0 Å². The van der Waals surface area contributed by atoms with Crippen LogP contribution in [0.15, 0.2) is 24.3 Å². The highest BCUT2D eigenvalue weighted by atomic mass is 127. The van der Waals surface area contributed by atoms with Crippen LogP contribution in [0.5, 0.6) is 0 Å². The zero-order valence-corrected chi connectivity index (χ0v) is 11.1. The fourth-order valence-corrected chi connectivity index (χ4v) is 3.74. The second-order valence-electron chi connectivity index (χ2n) is 3.61. The zero-order chi connectivity index (χ0) is 10.9. The summed E-state index contributed by atoms with van der Waals surface area (Å²) in [6, 6.07) is 7.69. The highest BCUT2D eigenvalue weighted by molar-refractivity contribution is 14.1. The van der Waals surface area contributed by atoms with E-state index >= 15 is 0 Å². The third kappa shape index (κ3) is 2.51. The van der Waals surface area contributed by atoms with Gasteiger partial charge in [0.05, 0.1) is 11.0 Å². The molecule has 3 nitrogen and oxygen atoms in total.